The van der Waals surface area contributed by atoms with Crippen molar-refractivity contribution >= 4 is 11.8 Å². The highest BCUT2D eigenvalue weighted by atomic mass is 16.5. The molecular weight excluding hydrogens is 406 g/mol. The van der Waals surface area contributed by atoms with E-state index >= 15 is 0 Å². The summed E-state index contributed by atoms with van der Waals surface area (Å²) in [6.07, 6.45) is 0.947. The van der Waals surface area contributed by atoms with Gasteiger partial charge in [0.05, 0.1) is 20.6 Å². The number of rotatable bonds is 10. The number of ketones is 1. The molecule has 0 aliphatic rings. The number of hydrogen-bond acceptors (Lipinski definition) is 5. The van der Waals surface area contributed by atoms with Crippen molar-refractivity contribution in [2.75, 3.05) is 20.8 Å². The van der Waals surface area contributed by atoms with Crippen molar-refractivity contribution in [1.82, 2.24) is 4.57 Å². The van der Waals surface area contributed by atoms with Crippen LogP contribution in [0.15, 0.2) is 54.6 Å². The third-order valence-electron chi connectivity index (χ3n) is 5.53. The van der Waals surface area contributed by atoms with Crippen LogP contribution in [0.1, 0.15) is 32.9 Å². The minimum absolute atomic E-state index is 0.109. The molecule has 0 unspecified atom stereocenters. The van der Waals surface area contributed by atoms with Crippen LogP contribution in [0.4, 0.5) is 0 Å². The summed E-state index contributed by atoms with van der Waals surface area (Å²) in [5, 5.41) is 0. The molecule has 0 saturated heterocycles. The molecule has 168 valence electrons. The summed E-state index contributed by atoms with van der Waals surface area (Å²) in [5.41, 5.74) is 4.48. The minimum atomic E-state index is -0.433. The lowest BCUT2D eigenvalue weighted by Gasteiger charge is -2.10. The normalized spacial score (nSPS) is 10.6. The number of benzene rings is 2. The van der Waals surface area contributed by atoms with Crippen molar-refractivity contribution in [2.24, 2.45) is 0 Å². The fourth-order valence-corrected chi connectivity index (χ4v) is 3.65. The van der Waals surface area contributed by atoms with E-state index in [2.05, 4.69) is 4.57 Å². The Morgan fingerprint density at radius 3 is 1.97 bits per heavy atom. The van der Waals surface area contributed by atoms with Gasteiger partial charge >= 0.3 is 5.97 Å². The average Bonchev–Trinajstić information content (AvgIpc) is 3.10. The summed E-state index contributed by atoms with van der Waals surface area (Å²) in [5.74, 6) is 0.921. The van der Waals surface area contributed by atoms with Gasteiger partial charge in [-0.2, -0.15) is 0 Å². The SMILES string of the molecule is COc1ccc(CCn2c(C)cc(C(=O)COC(=O)Cc3ccc(OC)cc3)c2C)cc1. The van der Waals surface area contributed by atoms with Crippen LogP contribution in [-0.2, 0) is 28.9 Å². The molecule has 0 aliphatic heterocycles. The Hall–Kier alpha value is -3.54. The number of nitrogens with zero attached hydrogens (tertiary/aromatic N) is 1. The maximum absolute atomic E-state index is 12.7. The third-order valence-corrected chi connectivity index (χ3v) is 5.53. The van der Waals surface area contributed by atoms with Gasteiger partial charge in [-0.25, -0.2) is 0 Å². The molecule has 0 bridgehead atoms. The smallest absolute Gasteiger partial charge is 0.310 e. The quantitative estimate of drug-likeness (QED) is 0.350. The van der Waals surface area contributed by atoms with Crippen LogP contribution in [-0.4, -0.2) is 37.1 Å². The Morgan fingerprint density at radius 1 is 0.844 bits per heavy atom. The van der Waals surface area contributed by atoms with Gasteiger partial charge in [0.25, 0.3) is 0 Å². The van der Waals surface area contributed by atoms with E-state index in [-0.39, 0.29) is 18.8 Å². The van der Waals surface area contributed by atoms with Crippen LogP contribution >= 0.6 is 0 Å². The number of carbonyl (C=O) groups excluding carboxylic acids is 2. The first kappa shape index (κ1) is 23.1. The molecule has 2 aromatic carbocycles. The minimum Gasteiger partial charge on any atom is -0.497 e. The van der Waals surface area contributed by atoms with Gasteiger partial charge in [-0.15, -0.1) is 0 Å². The standard InChI is InChI=1S/C26H29NO5/c1-18-15-24(19(2)27(18)14-13-20-5-9-22(30-3)10-6-20)25(28)17-32-26(29)16-21-7-11-23(31-4)12-8-21/h5-12,15H,13-14,16-17H2,1-4H3. The first-order valence-corrected chi connectivity index (χ1v) is 10.5. The van der Waals surface area contributed by atoms with Crippen LogP contribution in [0.3, 0.4) is 0 Å². The average molecular weight is 436 g/mol. The van der Waals surface area contributed by atoms with E-state index in [1.165, 1.54) is 5.56 Å². The number of ether oxygens (including phenoxy) is 3. The number of hydrogen-bond donors (Lipinski definition) is 0. The van der Waals surface area contributed by atoms with Gasteiger partial charge in [-0.3, -0.25) is 9.59 Å². The van der Waals surface area contributed by atoms with Gasteiger partial charge in [0, 0.05) is 23.5 Å². The summed E-state index contributed by atoms with van der Waals surface area (Å²) in [7, 11) is 3.24. The molecule has 0 saturated carbocycles. The van der Waals surface area contributed by atoms with Crippen LogP contribution in [0, 0.1) is 13.8 Å². The molecule has 6 nitrogen and oxygen atoms in total. The summed E-state index contributed by atoms with van der Waals surface area (Å²) in [6.45, 7) is 4.40. The van der Waals surface area contributed by atoms with Crippen LogP contribution in [0.25, 0.3) is 0 Å². The lowest BCUT2D eigenvalue weighted by molar-refractivity contribution is -0.141. The second-order valence-electron chi connectivity index (χ2n) is 7.64. The van der Waals surface area contributed by atoms with Crippen molar-refractivity contribution in [2.45, 2.75) is 33.2 Å². The molecular formula is C26H29NO5. The largest absolute Gasteiger partial charge is 0.497 e. The highest BCUT2D eigenvalue weighted by Gasteiger charge is 2.17. The number of esters is 1. The number of carbonyl (C=O) groups is 2. The molecule has 0 radical (unpaired) electrons. The van der Waals surface area contributed by atoms with E-state index in [1.54, 1.807) is 38.5 Å². The molecule has 0 amide bonds. The number of aryl methyl sites for hydroxylation is 2. The van der Waals surface area contributed by atoms with Gasteiger partial charge in [0.15, 0.2) is 6.61 Å². The van der Waals surface area contributed by atoms with Crippen LogP contribution < -0.4 is 9.47 Å². The van der Waals surface area contributed by atoms with Crippen LogP contribution in [0.2, 0.25) is 0 Å². The summed E-state index contributed by atoms with van der Waals surface area (Å²) >= 11 is 0. The zero-order valence-corrected chi connectivity index (χ0v) is 19.0. The van der Waals surface area contributed by atoms with Gasteiger partial charge in [0.2, 0.25) is 5.78 Å². The lowest BCUT2D eigenvalue weighted by Crippen LogP contribution is -2.16. The number of aromatic nitrogens is 1. The number of Topliss-reactive ketones (excluding diaryl/α,β-unsaturated/α-hetero) is 1. The van der Waals surface area contributed by atoms with Crippen molar-refractivity contribution in [3.8, 4) is 11.5 Å². The zero-order valence-electron chi connectivity index (χ0n) is 19.0. The summed E-state index contributed by atoms with van der Waals surface area (Å²) in [6, 6.07) is 17.0. The van der Waals surface area contributed by atoms with Crippen molar-refractivity contribution in [3.63, 3.8) is 0 Å². The molecule has 3 rings (SSSR count). The highest BCUT2D eigenvalue weighted by molar-refractivity contribution is 5.99. The zero-order chi connectivity index (χ0) is 23.1. The van der Waals surface area contributed by atoms with E-state index in [0.717, 1.165) is 41.4 Å². The highest BCUT2D eigenvalue weighted by Crippen LogP contribution is 2.18. The Balaban J connectivity index is 1.56. The number of methoxy groups -OCH3 is 2. The van der Waals surface area contributed by atoms with E-state index in [1.807, 2.05) is 44.2 Å². The Morgan fingerprint density at radius 2 is 1.41 bits per heavy atom. The maximum atomic E-state index is 12.7. The fourth-order valence-electron chi connectivity index (χ4n) is 3.65. The van der Waals surface area contributed by atoms with Gasteiger partial charge < -0.3 is 18.8 Å². The second-order valence-corrected chi connectivity index (χ2v) is 7.64. The van der Waals surface area contributed by atoms with E-state index in [0.29, 0.717) is 5.56 Å². The fraction of sp³-hybridized carbons (Fsp3) is 0.308. The topological polar surface area (TPSA) is 66.8 Å². The lowest BCUT2D eigenvalue weighted by atomic mass is 10.1. The molecule has 0 fully saturated rings. The molecule has 1 heterocycles. The molecule has 0 aliphatic carbocycles. The first-order chi connectivity index (χ1) is 15.4. The monoisotopic (exact) mass is 435 g/mol. The maximum Gasteiger partial charge on any atom is 0.310 e. The van der Waals surface area contributed by atoms with Crippen molar-refractivity contribution < 1.29 is 23.8 Å². The molecule has 1 aromatic heterocycles. The first-order valence-electron chi connectivity index (χ1n) is 10.5. The van der Waals surface area contributed by atoms with Crippen molar-refractivity contribution in [3.05, 3.63) is 82.7 Å². The molecule has 6 heteroatoms. The summed E-state index contributed by atoms with van der Waals surface area (Å²) in [4.78, 5) is 24.8. The molecule has 0 atom stereocenters. The summed E-state index contributed by atoms with van der Waals surface area (Å²) < 4.78 is 17.7. The van der Waals surface area contributed by atoms with Gasteiger partial charge in [0.1, 0.15) is 11.5 Å². The van der Waals surface area contributed by atoms with E-state index in [9.17, 15) is 9.59 Å². The predicted molar refractivity (Wildman–Crippen MR) is 123 cm³/mol. The van der Waals surface area contributed by atoms with Crippen LogP contribution in [0.5, 0.6) is 11.5 Å². The Labute approximate surface area is 188 Å². The third kappa shape index (κ3) is 5.78. The molecule has 0 N–H and O–H groups in total. The van der Waals surface area contributed by atoms with E-state index in [4.69, 9.17) is 14.2 Å². The molecule has 0 spiro atoms. The Bertz CT molecular complexity index is 1060. The molecule has 3 aromatic rings. The van der Waals surface area contributed by atoms with Crippen molar-refractivity contribution in [1.29, 1.82) is 0 Å². The van der Waals surface area contributed by atoms with E-state index < -0.39 is 5.97 Å². The van der Waals surface area contributed by atoms with Gasteiger partial charge in [-0.05, 0) is 61.7 Å². The molecule has 32 heavy (non-hydrogen) atoms. The Kier molecular flexibility index (Phi) is 7.71. The second kappa shape index (κ2) is 10.7. The van der Waals surface area contributed by atoms with Gasteiger partial charge in [-0.1, -0.05) is 24.3 Å². The predicted octanol–water partition coefficient (Wildman–Crippen LogP) is 4.33.